The minimum absolute atomic E-state index is 0.00993. The molecular formula is C96H126N20O21S. The van der Waals surface area contributed by atoms with Gasteiger partial charge in [-0.25, -0.2) is 0 Å². The van der Waals surface area contributed by atoms with Crippen LogP contribution in [-0.2, 0) is 118 Å². The van der Waals surface area contributed by atoms with Crippen LogP contribution in [0.3, 0.4) is 0 Å². The van der Waals surface area contributed by atoms with E-state index in [-0.39, 0.29) is 113 Å². The van der Waals surface area contributed by atoms with Gasteiger partial charge in [-0.3, -0.25) is 85.7 Å². The van der Waals surface area contributed by atoms with Gasteiger partial charge in [0.2, 0.25) is 88.6 Å². The van der Waals surface area contributed by atoms with Crippen molar-refractivity contribution in [3.05, 3.63) is 144 Å². The minimum Gasteiger partial charge on any atom is -0.480 e. The number of carbonyl (C=O) groups excluding carboxylic acids is 16. The highest BCUT2D eigenvalue weighted by molar-refractivity contribution is 7.85. The van der Waals surface area contributed by atoms with Crippen LogP contribution in [0.5, 0.6) is 0 Å². The van der Waals surface area contributed by atoms with Crippen molar-refractivity contribution in [3.63, 3.8) is 0 Å². The molecule has 3 unspecified atom stereocenters. The fraction of sp³-hybridized carbons (Fsp3) is 0.510. The third-order valence-corrected chi connectivity index (χ3v) is 27.4. The van der Waals surface area contributed by atoms with Crippen LogP contribution in [0.15, 0.2) is 127 Å². The first-order valence-corrected chi connectivity index (χ1v) is 48.4. The summed E-state index contributed by atoms with van der Waals surface area (Å²) in [4.78, 5) is 259. The molecule has 12 rings (SSSR count). The number of rotatable bonds is 18. The van der Waals surface area contributed by atoms with Gasteiger partial charge in [-0.1, -0.05) is 144 Å². The van der Waals surface area contributed by atoms with E-state index in [1.165, 1.54) is 24.9 Å². The number of carboxylic acids is 1. The van der Waals surface area contributed by atoms with Gasteiger partial charge in [-0.2, -0.15) is 0 Å². The largest absolute Gasteiger partial charge is 0.480 e. The van der Waals surface area contributed by atoms with E-state index >= 15 is 43.2 Å². The number of H-pyrrole nitrogens is 1. The summed E-state index contributed by atoms with van der Waals surface area (Å²) in [6, 6.07) is 10.2. The van der Waals surface area contributed by atoms with E-state index in [2.05, 4.69) is 58.2 Å². The Morgan fingerprint density at radius 2 is 1.07 bits per heavy atom. The Kier molecular flexibility index (Phi) is 35.3. The zero-order valence-electron chi connectivity index (χ0n) is 78.2. The quantitative estimate of drug-likeness (QED) is 0.0470. The summed E-state index contributed by atoms with van der Waals surface area (Å²) in [6.45, 7) is 3.77. The smallest absolute Gasteiger partial charge is 0.323 e. The number of carbonyl (C=O) groups is 17. The maximum Gasteiger partial charge on any atom is 0.323 e. The molecule has 42 heteroatoms. The van der Waals surface area contributed by atoms with Crippen molar-refractivity contribution in [2.75, 3.05) is 58.3 Å². The summed E-state index contributed by atoms with van der Waals surface area (Å²) in [7, 11) is 0.0401. The number of aromatic amines is 1. The number of para-hydroxylation sites is 2. The van der Waals surface area contributed by atoms with E-state index < -0.39 is 246 Å². The summed E-state index contributed by atoms with van der Waals surface area (Å²) < 4.78 is 16.2. The first kappa shape index (κ1) is 103. The summed E-state index contributed by atoms with van der Waals surface area (Å²) >= 11 is 0. The molecule has 0 aliphatic carbocycles. The molecule has 16 atom stereocenters. The van der Waals surface area contributed by atoms with Crippen LogP contribution in [0.4, 0.5) is 0 Å². The second kappa shape index (κ2) is 47.0. The molecule has 5 saturated heterocycles. The standard InChI is InChI=1S/C96H126N20O21S/c1-52(2)35-69-93(133)112(6)79(88(128)101-44-80(99)119)50-138(137)51-82(121)104-71(37-54-29-31-56(32-30-54)55-19-10-9-11-20-55)95(135)115-48-60(118)41-78(115)91(131)110-72-42-63(98)74-27-18-28-76(116(74)96(72)136)87(127)102-45-81(120)103-70(36-53(3)4)94(134)114-47-59(117)40-77(114)90(130)108-67(38-57-43-100-64-23-16-14-21-61(57)64)85(125)105-65(33-34-97)84(124)107-68(39-58-46-113(49-83(122)123)73-25-17-15-22-62(58)73)86(126)106-66-24-12-7-8-13-26-75(89(129)109-69)111(5)92(66)132/h9-11,14-17,19-23,25,29-32,43,46,52-53,59-60,65-72,75-79,100,117-118H,7-8,12-13,18,24,26-28,33-42,44-45,47-51,97-98H2,1-6H3,(H2,99,119)(H,101,128)(H,102,127)(H,103,120)(H,104,121)(H,105,125)(H,106,126)(H,107,124)(H,108,130)(H,109,129)(H,110,131)(H,122,123)/t59-,60+,65+,66?,67+,68+,69+,70+,71+,72-,75?,76-,77+,78+,79+,138?/m1/s1. The van der Waals surface area contributed by atoms with Crippen LogP contribution in [0.2, 0.25) is 0 Å². The van der Waals surface area contributed by atoms with Crippen LogP contribution in [0, 0.1) is 11.8 Å². The van der Waals surface area contributed by atoms with Gasteiger partial charge >= 0.3 is 5.97 Å². The SMILES string of the molecule is CC(C)C[C@@H]1NC(=O)C2CCCCCCC(NC(=O)[C@H](Cc3cn(CC(=O)O)c4ccccc34)NC(=O)[C@H](CCN)NC(=O)[C@H](Cc3c[nH]c4ccccc34)NC(=O)[C@@H]3C[C@@H](O)CN3C(=O)[C@H](CC(C)C)NC(=O)CNC(=O)[C@H]3CCCC4=C(N)C[C@@H](NC(=O)[C@@H]5C[C@H](O)CN5C(=O)[C@H](Cc5ccc(-c6ccccc6)cc5)NC(=O)CS(=O)C[C@@H](C(=O)NCC(N)=O)N(C)C1=O)C(=O)N43)C(=O)N2C. The highest BCUT2D eigenvalue weighted by atomic mass is 32.2. The summed E-state index contributed by atoms with van der Waals surface area (Å²) in [5.41, 5.74) is 22.9. The van der Waals surface area contributed by atoms with E-state index in [9.17, 15) is 57.9 Å². The molecule has 20 N–H and O–H groups in total. The van der Waals surface area contributed by atoms with Gasteiger partial charge in [0.25, 0.3) is 5.91 Å². The number of aliphatic carboxylic acids is 1. The van der Waals surface area contributed by atoms with Gasteiger partial charge in [-0.15, -0.1) is 0 Å². The maximum absolute atomic E-state index is 15.6. The average molecular weight is 1930 g/mol. The number of carboxylic acid groups (broad SMARTS) is 1. The number of benzene rings is 4. The Morgan fingerprint density at radius 3 is 1.72 bits per heavy atom. The van der Waals surface area contributed by atoms with Gasteiger partial charge in [0.1, 0.15) is 90.8 Å². The molecule has 0 saturated carbocycles. The number of nitrogens with one attached hydrogen (secondary N) is 11. The van der Waals surface area contributed by atoms with Gasteiger partial charge < -0.3 is 120 Å². The molecular weight excluding hydrogens is 1800 g/mol. The normalized spacial score (nSPS) is 26.6. The molecule has 0 spiro atoms. The summed E-state index contributed by atoms with van der Waals surface area (Å²) in [6.07, 6.45) is 0.376. The molecule has 6 aliphatic heterocycles. The Hall–Kier alpha value is -13.5. The number of primary amides is 1. The number of piperidine rings is 1. The topological polar surface area (TPSA) is 603 Å². The fourth-order valence-electron chi connectivity index (χ4n) is 19.1. The van der Waals surface area contributed by atoms with Crippen molar-refractivity contribution < 1.29 is 101 Å². The van der Waals surface area contributed by atoms with Gasteiger partial charge in [-0.05, 0) is 110 Å². The van der Waals surface area contributed by atoms with Crippen molar-refractivity contribution in [2.45, 2.75) is 241 Å². The van der Waals surface area contributed by atoms with E-state index in [1.807, 2.05) is 30.3 Å². The lowest BCUT2D eigenvalue weighted by Gasteiger charge is -2.42. The lowest BCUT2D eigenvalue weighted by molar-refractivity contribution is -0.145. The average Bonchev–Trinajstić information content (AvgIpc) is 0.771. The van der Waals surface area contributed by atoms with Crippen LogP contribution in [0.1, 0.15) is 141 Å². The monoisotopic (exact) mass is 1930 g/mol. The number of hydrogen-bond donors (Lipinski definition) is 17. The van der Waals surface area contributed by atoms with Crippen LogP contribution in [0.25, 0.3) is 32.9 Å². The molecule has 6 aliphatic rings. The zero-order chi connectivity index (χ0) is 99.6. The number of aromatic nitrogens is 2. The number of nitrogens with zero attached hydrogens (tertiary/aromatic N) is 6. The van der Waals surface area contributed by atoms with Crippen molar-refractivity contribution in [1.29, 1.82) is 0 Å². The molecule has 6 aromatic rings. The Morgan fingerprint density at radius 1 is 0.529 bits per heavy atom. The lowest BCUT2D eigenvalue weighted by Crippen LogP contribution is -2.62. The second-order valence-electron chi connectivity index (χ2n) is 37.3. The molecule has 2 aromatic heterocycles. The van der Waals surface area contributed by atoms with Gasteiger partial charge in [0.15, 0.2) is 0 Å². The predicted molar refractivity (Wildman–Crippen MR) is 505 cm³/mol. The third kappa shape index (κ3) is 26.1. The molecule has 138 heavy (non-hydrogen) atoms. The Labute approximate surface area is 800 Å². The summed E-state index contributed by atoms with van der Waals surface area (Å²) in [5.74, 6) is -18.4. The molecule has 0 radical (unpaired) electrons. The van der Waals surface area contributed by atoms with Crippen molar-refractivity contribution in [3.8, 4) is 11.1 Å². The number of fused-ring (bicyclic) bond motifs is 8. The predicted octanol–water partition coefficient (Wildman–Crippen LogP) is -1.41. The maximum atomic E-state index is 15.6. The number of hydrogen-bond acceptors (Lipinski definition) is 22. The Balaban J connectivity index is 0.887. The van der Waals surface area contributed by atoms with Crippen molar-refractivity contribution in [1.82, 2.24) is 87.2 Å². The van der Waals surface area contributed by atoms with Crippen LogP contribution >= 0.6 is 0 Å². The van der Waals surface area contributed by atoms with Gasteiger partial charge in [0.05, 0.1) is 31.1 Å². The molecule has 41 nitrogen and oxygen atoms in total. The number of aliphatic hydroxyl groups is 2. The minimum atomic E-state index is -2.46. The van der Waals surface area contributed by atoms with Crippen molar-refractivity contribution >= 4 is 133 Å². The van der Waals surface area contributed by atoms with E-state index in [1.54, 1.807) is 107 Å². The molecule has 5 fully saturated rings. The third-order valence-electron chi connectivity index (χ3n) is 26.1. The molecule has 16 amide bonds. The molecule has 4 bridgehead atoms. The van der Waals surface area contributed by atoms with E-state index in [0.717, 1.165) is 35.6 Å². The summed E-state index contributed by atoms with van der Waals surface area (Å²) in [5, 5.41) is 60.9. The second-order valence-corrected chi connectivity index (χ2v) is 38.8. The molecule has 8 heterocycles. The van der Waals surface area contributed by atoms with Gasteiger partial charge in [0, 0.05) is 122 Å². The lowest BCUT2D eigenvalue weighted by atomic mass is 9.91. The zero-order valence-corrected chi connectivity index (χ0v) is 79.0. The molecule has 742 valence electrons. The number of allylic oxidation sites excluding steroid dienone is 1. The van der Waals surface area contributed by atoms with E-state index in [4.69, 9.17) is 17.2 Å². The number of likely N-dealkylation sites (N-methyl/N-ethyl adjacent to an activating group) is 2. The van der Waals surface area contributed by atoms with Crippen LogP contribution in [-0.4, -0.2) is 303 Å². The Bertz CT molecular complexity index is 5610. The first-order valence-electron chi connectivity index (χ1n) is 46.9. The van der Waals surface area contributed by atoms with Crippen molar-refractivity contribution in [2.24, 2.45) is 29.0 Å². The fourth-order valence-corrected chi connectivity index (χ4v) is 20.4. The molecule has 4 aromatic carbocycles. The number of amides is 16. The highest BCUT2D eigenvalue weighted by Crippen LogP contribution is 2.35. The highest BCUT2D eigenvalue weighted by Gasteiger charge is 2.49. The van der Waals surface area contributed by atoms with Crippen LogP contribution < -0.4 is 70.4 Å². The number of nitrogens with two attached hydrogens (primary N) is 3. The first-order chi connectivity index (χ1) is 65.8. The van der Waals surface area contributed by atoms with E-state index in [0.29, 0.717) is 70.6 Å². The number of aliphatic hydroxyl groups excluding tert-OH is 2.